The van der Waals surface area contributed by atoms with Crippen LogP contribution in [0.25, 0.3) is 0 Å². The first kappa shape index (κ1) is 17.5. The van der Waals surface area contributed by atoms with E-state index in [9.17, 15) is 5.11 Å². The summed E-state index contributed by atoms with van der Waals surface area (Å²) in [6.07, 6.45) is 2.64. The van der Waals surface area contributed by atoms with Gasteiger partial charge in [-0.3, -0.25) is 0 Å². The topological polar surface area (TPSA) is 79.7 Å². The Hall–Kier alpha value is -1.28. The van der Waals surface area contributed by atoms with E-state index < -0.39 is 0 Å². The number of hydrogen-bond acceptors (Lipinski definition) is 7. The van der Waals surface area contributed by atoms with E-state index in [0.717, 1.165) is 70.2 Å². The SMILES string of the molecule is COCc1nc(NCCN2CCC(O)CC2)cc([C@H]2CCOC2)n1. The summed E-state index contributed by atoms with van der Waals surface area (Å²) in [5, 5.41) is 13.0. The molecule has 0 bridgehead atoms. The fourth-order valence-electron chi connectivity index (χ4n) is 3.26. The normalized spacial score (nSPS) is 22.8. The molecular weight excluding hydrogens is 308 g/mol. The molecule has 2 aliphatic heterocycles. The molecular formula is C17H28N4O3. The van der Waals surface area contributed by atoms with Gasteiger partial charge >= 0.3 is 0 Å². The molecule has 2 N–H and O–H groups in total. The minimum atomic E-state index is -0.121. The first-order valence-corrected chi connectivity index (χ1v) is 8.83. The first-order valence-electron chi connectivity index (χ1n) is 8.83. The number of aromatic nitrogens is 2. The zero-order chi connectivity index (χ0) is 16.8. The molecule has 7 heteroatoms. The number of piperidine rings is 1. The Morgan fingerprint density at radius 2 is 2.17 bits per heavy atom. The van der Waals surface area contributed by atoms with Crippen LogP contribution in [0.4, 0.5) is 5.82 Å². The summed E-state index contributed by atoms with van der Waals surface area (Å²) in [4.78, 5) is 11.5. The van der Waals surface area contributed by atoms with E-state index >= 15 is 0 Å². The van der Waals surface area contributed by atoms with Gasteiger partial charge in [0.2, 0.25) is 0 Å². The maximum absolute atomic E-state index is 9.56. The lowest BCUT2D eigenvalue weighted by Gasteiger charge is -2.29. The van der Waals surface area contributed by atoms with Gasteiger partial charge in [-0.05, 0) is 19.3 Å². The van der Waals surface area contributed by atoms with Gasteiger partial charge in [0, 0.05) is 51.9 Å². The van der Waals surface area contributed by atoms with Crippen molar-refractivity contribution in [3.05, 3.63) is 17.6 Å². The van der Waals surface area contributed by atoms with Crippen LogP contribution in [-0.4, -0.2) is 72.6 Å². The monoisotopic (exact) mass is 336 g/mol. The van der Waals surface area contributed by atoms with Crippen LogP contribution in [-0.2, 0) is 16.1 Å². The number of ether oxygens (including phenoxy) is 2. The summed E-state index contributed by atoms with van der Waals surface area (Å²) in [6.45, 7) is 5.67. The number of rotatable bonds is 7. The average Bonchev–Trinajstić information content (AvgIpc) is 3.11. The summed E-state index contributed by atoms with van der Waals surface area (Å²) in [7, 11) is 1.66. The standard InChI is InChI=1S/C17H28N4O3/c1-23-12-17-19-15(13-4-9-24-11-13)10-16(20-17)18-5-8-21-6-2-14(22)3-7-21/h10,13-14,22H,2-9,11-12H2,1H3,(H,18,19,20)/t13-/m0/s1. The van der Waals surface area contributed by atoms with Gasteiger partial charge in [0.25, 0.3) is 0 Å². The highest BCUT2D eigenvalue weighted by atomic mass is 16.5. The molecule has 1 atom stereocenters. The number of nitrogens with zero attached hydrogens (tertiary/aromatic N) is 3. The van der Waals surface area contributed by atoms with E-state index in [0.29, 0.717) is 18.3 Å². The number of aliphatic hydroxyl groups excluding tert-OH is 1. The van der Waals surface area contributed by atoms with Crippen LogP contribution >= 0.6 is 0 Å². The Morgan fingerprint density at radius 3 is 2.88 bits per heavy atom. The molecule has 0 saturated carbocycles. The molecule has 7 nitrogen and oxygen atoms in total. The lowest BCUT2D eigenvalue weighted by atomic mass is 10.0. The highest BCUT2D eigenvalue weighted by Gasteiger charge is 2.21. The molecule has 2 saturated heterocycles. The molecule has 1 aromatic rings. The third-order valence-electron chi connectivity index (χ3n) is 4.70. The van der Waals surface area contributed by atoms with Crippen LogP contribution in [0.1, 0.15) is 36.7 Å². The number of anilines is 1. The van der Waals surface area contributed by atoms with Gasteiger partial charge in [-0.2, -0.15) is 0 Å². The molecule has 1 aromatic heterocycles. The zero-order valence-electron chi connectivity index (χ0n) is 14.4. The lowest BCUT2D eigenvalue weighted by molar-refractivity contribution is 0.0845. The summed E-state index contributed by atoms with van der Waals surface area (Å²) in [6, 6.07) is 2.04. The van der Waals surface area contributed by atoms with Crippen molar-refractivity contribution in [1.29, 1.82) is 0 Å². The van der Waals surface area contributed by atoms with Gasteiger partial charge < -0.3 is 24.8 Å². The molecule has 2 aliphatic rings. The quantitative estimate of drug-likeness (QED) is 0.769. The van der Waals surface area contributed by atoms with Crippen molar-refractivity contribution >= 4 is 5.82 Å². The largest absolute Gasteiger partial charge is 0.393 e. The highest BCUT2D eigenvalue weighted by Crippen LogP contribution is 2.25. The van der Waals surface area contributed by atoms with E-state index in [1.165, 1.54) is 0 Å². The van der Waals surface area contributed by atoms with Gasteiger partial charge in [0.1, 0.15) is 12.4 Å². The third-order valence-corrected chi connectivity index (χ3v) is 4.70. The summed E-state index contributed by atoms with van der Waals surface area (Å²) >= 11 is 0. The maximum Gasteiger partial charge on any atom is 0.156 e. The molecule has 0 aromatic carbocycles. The second kappa shape index (κ2) is 8.71. The smallest absolute Gasteiger partial charge is 0.156 e. The third kappa shape index (κ3) is 4.86. The van der Waals surface area contributed by atoms with Crippen molar-refractivity contribution in [3.8, 4) is 0 Å². The highest BCUT2D eigenvalue weighted by molar-refractivity contribution is 5.37. The number of hydrogen-bond donors (Lipinski definition) is 2. The van der Waals surface area contributed by atoms with Crippen LogP contribution in [0, 0.1) is 0 Å². The fraction of sp³-hybridized carbons (Fsp3) is 0.765. The van der Waals surface area contributed by atoms with Crippen molar-refractivity contribution in [2.45, 2.75) is 37.9 Å². The van der Waals surface area contributed by atoms with E-state index in [-0.39, 0.29) is 6.10 Å². The Bertz CT molecular complexity index is 515. The maximum atomic E-state index is 9.56. The van der Waals surface area contributed by atoms with Crippen molar-refractivity contribution < 1.29 is 14.6 Å². The van der Waals surface area contributed by atoms with Crippen LogP contribution in [0.2, 0.25) is 0 Å². The van der Waals surface area contributed by atoms with Crippen molar-refractivity contribution in [3.63, 3.8) is 0 Å². The van der Waals surface area contributed by atoms with Crippen LogP contribution in [0.15, 0.2) is 6.07 Å². The minimum absolute atomic E-state index is 0.121. The summed E-state index contributed by atoms with van der Waals surface area (Å²) < 4.78 is 10.7. The summed E-state index contributed by atoms with van der Waals surface area (Å²) in [5.74, 6) is 1.93. The second-order valence-electron chi connectivity index (χ2n) is 6.59. The van der Waals surface area contributed by atoms with Crippen LogP contribution in [0.5, 0.6) is 0 Å². The van der Waals surface area contributed by atoms with E-state index in [1.807, 2.05) is 6.07 Å². The molecule has 0 aliphatic carbocycles. The molecule has 0 unspecified atom stereocenters. The predicted octanol–water partition coefficient (Wildman–Crippen LogP) is 0.995. The van der Waals surface area contributed by atoms with E-state index in [1.54, 1.807) is 7.11 Å². The lowest BCUT2D eigenvalue weighted by Crippen LogP contribution is -2.38. The number of likely N-dealkylation sites (tertiary alicyclic amines) is 1. The number of nitrogens with one attached hydrogen (secondary N) is 1. The molecule has 0 spiro atoms. The Labute approximate surface area is 143 Å². The molecule has 24 heavy (non-hydrogen) atoms. The van der Waals surface area contributed by atoms with Gasteiger partial charge in [-0.25, -0.2) is 9.97 Å². The average molecular weight is 336 g/mol. The number of aliphatic hydroxyl groups is 1. The van der Waals surface area contributed by atoms with E-state index in [2.05, 4.69) is 20.2 Å². The molecule has 0 amide bonds. The Balaban J connectivity index is 1.57. The van der Waals surface area contributed by atoms with Crippen molar-refractivity contribution in [2.75, 3.05) is 51.8 Å². The Morgan fingerprint density at radius 1 is 1.33 bits per heavy atom. The second-order valence-corrected chi connectivity index (χ2v) is 6.59. The van der Waals surface area contributed by atoms with Gasteiger partial charge in [-0.1, -0.05) is 0 Å². The minimum Gasteiger partial charge on any atom is -0.393 e. The molecule has 0 radical (unpaired) electrons. The van der Waals surface area contributed by atoms with Crippen molar-refractivity contribution in [2.24, 2.45) is 0 Å². The fourth-order valence-corrected chi connectivity index (χ4v) is 3.26. The summed E-state index contributed by atoms with van der Waals surface area (Å²) in [5.41, 5.74) is 1.04. The zero-order valence-corrected chi connectivity index (χ0v) is 14.4. The molecule has 134 valence electrons. The van der Waals surface area contributed by atoms with Crippen LogP contribution in [0.3, 0.4) is 0 Å². The van der Waals surface area contributed by atoms with Crippen LogP contribution < -0.4 is 5.32 Å². The number of methoxy groups -OCH3 is 1. The van der Waals surface area contributed by atoms with Gasteiger partial charge in [0.15, 0.2) is 5.82 Å². The molecule has 3 heterocycles. The first-order chi connectivity index (χ1) is 11.7. The molecule has 2 fully saturated rings. The molecule has 3 rings (SSSR count). The predicted molar refractivity (Wildman–Crippen MR) is 91.1 cm³/mol. The van der Waals surface area contributed by atoms with Gasteiger partial charge in [0.05, 0.1) is 18.4 Å². The van der Waals surface area contributed by atoms with Crippen molar-refractivity contribution in [1.82, 2.24) is 14.9 Å². The van der Waals surface area contributed by atoms with E-state index in [4.69, 9.17) is 9.47 Å². The van der Waals surface area contributed by atoms with Gasteiger partial charge in [-0.15, -0.1) is 0 Å². The Kier molecular flexibility index (Phi) is 6.37.